The maximum atomic E-state index is 13.2. The Labute approximate surface area is 211 Å². The number of halogens is 1. The van der Waals surface area contributed by atoms with E-state index in [1.165, 1.54) is 35.2 Å². The number of fused-ring (bicyclic) bond motifs is 2. The van der Waals surface area contributed by atoms with Gasteiger partial charge >= 0.3 is 0 Å². The average molecular weight is 524 g/mol. The monoisotopic (exact) mass is 522 g/mol. The fraction of sp³-hybridized carbons (Fsp3) is 0.517. The summed E-state index contributed by atoms with van der Waals surface area (Å²) < 4.78 is 1.16. The Morgan fingerprint density at radius 2 is 1.74 bits per heavy atom. The molecule has 1 unspecified atom stereocenters. The molecule has 180 valence electrons. The van der Waals surface area contributed by atoms with Gasteiger partial charge in [0.15, 0.2) is 0 Å². The molecule has 0 radical (unpaired) electrons. The topological polar surface area (TPSA) is 40.6 Å². The molecular weight excluding hydrogens is 488 g/mol. The predicted molar refractivity (Wildman–Crippen MR) is 140 cm³/mol. The maximum absolute atomic E-state index is 13.2. The highest BCUT2D eigenvalue weighted by atomic mass is 79.9. The number of carbonyl (C=O) groups is 2. The van der Waals surface area contributed by atoms with E-state index in [1.54, 1.807) is 6.92 Å². The fourth-order valence-corrected chi connectivity index (χ4v) is 7.48. The summed E-state index contributed by atoms with van der Waals surface area (Å²) in [4.78, 5) is 29.7. The smallest absolute Gasteiger partial charge is 0.222 e. The molecule has 1 atom stereocenters. The fourth-order valence-electron chi connectivity index (χ4n) is 6.68. The van der Waals surface area contributed by atoms with E-state index in [4.69, 9.17) is 0 Å². The molecule has 34 heavy (non-hydrogen) atoms. The van der Waals surface area contributed by atoms with Crippen molar-refractivity contribution in [2.45, 2.75) is 69.6 Å². The normalized spacial score (nSPS) is 21.2. The van der Waals surface area contributed by atoms with Crippen LogP contribution >= 0.6 is 15.9 Å². The van der Waals surface area contributed by atoms with Gasteiger partial charge in [-0.3, -0.25) is 4.79 Å². The van der Waals surface area contributed by atoms with Crippen LogP contribution in [0.1, 0.15) is 74.5 Å². The quantitative estimate of drug-likeness (QED) is 0.466. The maximum Gasteiger partial charge on any atom is 0.222 e. The summed E-state index contributed by atoms with van der Waals surface area (Å²) >= 11 is 3.81. The highest BCUT2D eigenvalue weighted by molar-refractivity contribution is 9.10. The molecule has 2 aromatic rings. The molecule has 0 saturated carbocycles. The average Bonchev–Trinajstić information content (AvgIpc) is 3.46. The number of likely N-dealkylation sites (tertiary alicyclic amines) is 1. The van der Waals surface area contributed by atoms with Crippen LogP contribution in [0.3, 0.4) is 0 Å². The van der Waals surface area contributed by atoms with Crippen LogP contribution in [0, 0.1) is 0 Å². The van der Waals surface area contributed by atoms with Gasteiger partial charge in [-0.25, -0.2) is 0 Å². The van der Waals surface area contributed by atoms with Crippen LogP contribution in [0.5, 0.6) is 0 Å². The number of ketones is 1. The number of benzene rings is 2. The molecule has 3 aliphatic rings. The van der Waals surface area contributed by atoms with Crippen molar-refractivity contribution in [3.8, 4) is 0 Å². The molecule has 5 rings (SSSR count). The third kappa shape index (κ3) is 4.56. The van der Waals surface area contributed by atoms with Crippen LogP contribution in [0.4, 0.5) is 5.69 Å². The summed E-state index contributed by atoms with van der Waals surface area (Å²) in [6.45, 7) is 5.56. The number of aryl methyl sites for hydroxylation is 1. The number of Topliss-reactive ketones (excluding diaryl/α,β-unsaturated/α-hetero) is 1. The lowest BCUT2D eigenvalue weighted by Gasteiger charge is -2.41. The third-order valence-corrected chi connectivity index (χ3v) is 8.97. The number of rotatable bonds is 6. The largest absolute Gasteiger partial charge is 0.371 e. The minimum Gasteiger partial charge on any atom is -0.371 e. The van der Waals surface area contributed by atoms with E-state index in [2.05, 4.69) is 68.2 Å². The lowest BCUT2D eigenvalue weighted by Crippen LogP contribution is -2.44. The van der Waals surface area contributed by atoms with Crippen LogP contribution in [0.2, 0.25) is 0 Å². The zero-order valence-corrected chi connectivity index (χ0v) is 21.8. The first-order valence-electron chi connectivity index (χ1n) is 12.9. The number of carbonyl (C=O) groups excluding carboxylic acids is 2. The highest BCUT2D eigenvalue weighted by Gasteiger charge is 2.47. The van der Waals surface area contributed by atoms with E-state index in [-0.39, 0.29) is 17.1 Å². The predicted octanol–water partition coefficient (Wildman–Crippen LogP) is 6.01. The summed E-state index contributed by atoms with van der Waals surface area (Å²) in [5, 5.41) is 0. The van der Waals surface area contributed by atoms with Crippen LogP contribution < -0.4 is 4.90 Å². The Bertz CT molecular complexity index is 1070. The summed E-state index contributed by atoms with van der Waals surface area (Å²) in [6.07, 6.45) is 7.50. The molecule has 2 saturated heterocycles. The molecule has 2 aromatic carbocycles. The molecule has 0 aromatic heterocycles. The van der Waals surface area contributed by atoms with Crippen LogP contribution in [0.25, 0.3) is 0 Å². The summed E-state index contributed by atoms with van der Waals surface area (Å²) in [5.74, 6) is 0.834. The van der Waals surface area contributed by atoms with Crippen molar-refractivity contribution in [3.05, 3.63) is 63.6 Å². The SMILES string of the molecule is CC(=O)CC1CC2(CCN(C(=O)CCc3ccccc3N3CCCC3)CC2)c2c(Br)cccc21. The lowest BCUT2D eigenvalue weighted by atomic mass is 9.73. The molecule has 2 heterocycles. The Morgan fingerprint density at radius 3 is 2.47 bits per heavy atom. The second kappa shape index (κ2) is 9.85. The Kier molecular flexibility index (Phi) is 6.83. The number of hydrogen-bond acceptors (Lipinski definition) is 3. The van der Waals surface area contributed by atoms with Gasteiger partial charge in [-0.05, 0) is 80.2 Å². The van der Waals surface area contributed by atoms with Gasteiger partial charge in [0.05, 0.1) is 0 Å². The van der Waals surface area contributed by atoms with Crippen molar-refractivity contribution in [2.24, 2.45) is 0 Å². The lowest BCUT2D eigenvalue weighted by molar-refractivity contribution is -0.132. The first-order chi connectivity index (χ1) is 16.5. The van der Waals surface area contributed by atoms with Gasteiger partial charge < -0.3 is 14.6 Å². The zero-order valence-electron chi connectivity index (χ0n) is 20.2. The van der Waals surface area contributed by atoms with Gasteiger partial charge in [0.1, 0.15) is 5.78 Å². The molecule has 0 N–H and O–H groups in total. The molecule has 2 aliphatic heterocycles. The van der Waals surface area contributed by atoms with Crippen molar-refractivity contribution in [3.63, 3.8) is 0 Å². The highest BCUT2D eigenvalue weighted by Crippen LogP contribution is 2.55. The van der Waals surface area contributed by atoms with Gasteiger partial charge in [0.2, 0.25) is 5.91 Å². The van der Waals surface area contributed by atoms with Crippen molar-refractivity contribution >= 4 is 33.3 Å². The zero-order chi connectivity index (χ0) is 23.7. The van der Waals surface area contributed by atoms with Crippen molar-refractivity contribution < 1.29 is 9.59 Å². The van der Waals surface area contributed by atoms with E-state index in [9.17, 15) is 9.59 Å². The molecule has 5 heteroatoms. The van der Waals surface area contributed by atoms with Gasteiger partial charge in [0.25, 0.3) is 0 Å². The molecular formula is C29H35BrN2O2. The van der Waals surface area contributed by atoms with Gasteiger partial charge in [-0.15, -0.1) is 0 Å². The van der Waals surface area contributed by atoms with Crippen molar-refractivity contribution in [1.82, 2.24) is 4.90 Å². The Hall–Kier alpha value is -2.14. The van der Waals surface area contributed by atoms with Crippen LogP contribution in [0.15, 0.2) is 46.9 Å². The minimum atomic E-state index is 0.0781. The summed E-state index contributed by atoms with van der Waals surface area (Å²) in [5.41, 5.74) is 5.42. The first kappa shape index (κ1) is 23.6. The standard InChI is InChI=1S/C29H35BrN2O2/c1-21(33)19-23-20-29(28-24(23)8-6-9-25(28)30)13-17-32(18-14-29)27(34)12-11-22-7-2-3-10-26(22)31-15-4-5-16-31/h2-3,6-10,23H,4-5,11-20H2,1H3. The summed E-state index contributed by atoms with van der Waals surface area (Å²) in [6, 6.07) is 15.0. The number of anilines is 1. The Morgan fingerprint density at radius 1 is 1.00 bits per heavy atom. The van der Waals surface area contributed by atoms with Crippen molar-refractivity contribution in [2.75, 3.05) is 31.1 Å². The molecule has 4 nitrogen and oxygen atoms in total. The summed E-state index contributed by atoms with van der Waals surface area (Å²) in [7, 11) is 0. The first-order valence-corrected chi connectivity index (χ1v) is 13.7. The van der Waals surface area contributed by atoms with Crippen LogP contribution in [-0.2, 0) is 21.4 Å². The molecule has 2 fully saturated rings. The van der Waals surface area contributed by atoms with E-state index < -0.39 is 0 Å². The van der Waals surface area contributed by atoms with E-state index in [0.29, 0.717) is 18.8 Å². The minimum absolute atomic E-state index is 0.0781. The molecule has 1 amide bonds. The second-order valence-corrected chi connectivity index (χ2v) is 11.3. The Balaban J connectivity index is 1.24. The molecule has 0 bridgehead atoms. The molecule has 1 aliphatic carbocycles. The number of amides is 1. The third-order valence-electron chi connectivity index (χ3n) is 8.31. The van der Waals surface area contributed by atoms with Gasteiger partial charge in [-0.2, -0.15) is 0 Å². The van der Waals surface area contributed by atoms with Gasteiger partial charge in [0, 0.05) is 54.6 Å². The number of nitrogens with zero attached hydrogens (tertiary/aromatic N) is 2. The van der Waals surface area contributed by atoms with Gasteiger partial charge in [-0.1, -0.05) is 46.3 Å². The van der Waals surface area contributed by atoms with E-state index in [1.807, 2.05) is 0 Å². The number of piperidine rings is 1. The van der Waals surface area contributed by atoms with E-state index in [0.717, 1.165) is 56.3 Å². The van der Waals surface area contributed by atoms with Crippen molar-refractivity contribution in [1.29, 1.82) is 0 Å². The van der Waals surface area contributed by atoms with Crippen LogP contribution in [-0.4, -0.2) is 42.8 Å². The number of hydrogen-bond donors (Lipinski definition) is 0. The number of para-hydroxylation sites is 1. The van der Waals surface area contributed by atoms with E-state index >= 15 is 0 Å². The molecule has 1 spiro atoms. The second-order valence-electron chi connectivity index (χ2n) is 10.5.